The molecule has 1 aromatic heterocycles. The molecule has 0 amide bonds. The molecule has 1 saturated heterocycles. The molecular formula is C11H17Cl3N2S. The summed E-state index contributed by atoms with van der Waals surface area (Å²) in [4.78, 5) is 2.45. The van der Waals surface area contributed by atoms with Crippen LogP contribution in [-0.2, 0) is 6.54 Å². The third-order valence-electron chi connectivity index (χ3n) is 3.02. The van der Waals surface area contributed by atoms with E-state index in [0.717, 1.165) is 37.1 Å². The van der Waals surface area contributed by atoms with Crippen LogP contribution in [0.15, 0.2) is 5.38 Å². The monoisotopic (exact) mass is 314 g/mol. The minimum Gasteiger partial charge on any atom is -0.319 e. The second kappa shape index (κ2) is 7.17. The molecule has 1 aliphatic rings. The van der Waals surface area contributed by atoms with Crippen LogP contribution in [0.5, 0.6) is 0 Å². The molecule has 1 unspecified atom stereocenters. The number of thiophene rings is 1. The minimum atomic E-state index is 0. The largest absolute Gasteiger partial charge is 0.319 e. The highest BCUT2D eigenvalue weighted by atomic mass is 35.5. The normalized spacial score (nSPS) is 20.5. The van der Waals surface area contributed by atoms with E-state index in [1.807, 2.05) is 7.05 Å². The summed E-state index contributed by atoms with van der Waals surface area (Å²) < 4.78 is 0.711. The van der Waals surface area contributed by atoms with Gasteiger partial charge in [-0.25, -0.2) is 0 Å². The Morgan fingerprint density at radius 1 is 1.53 bits per heavy atom. The zero-order valence-electron chi connectivity index (χ0n) is 9.71. The van der Waals surface area contributed by atoms with Crippen molar-refractivity contribution in [1.29, 1.82) is 0 Å². The standard InChI is InChI=1S/C11H16Cl2N2S.ClH/c1-14-4-8-2-3-15(5-8)6-9-7-16-11(13)10(9)12;/h7-8,14H,2-6H2,1H3;1H. The van der Waals surface area contributed by atoms with Crippen molar-refractivity contribution in [2.75, 3.05) is 26.7 Å². The van der Waals surface area contributed by atoms with E-state index in [2.05, 4.69) is 15.6 Å². The van der Waals surface area contributed by atoms with E-state index in [1.165, 1.54) is 23.3 Å². The lowest BCUT2D eigenvalue weighted by molar-refractivity contribution is 0.316. The predicted molar refractivity (Wildman–Crippen MR) is 78.9 cm³/mol. The van der Waals surface area contributed by atoms with E-state index >= 15 is 0 Å². The molecule has 0 radical (unpaired) electrons. The molecule has 1 aliphatic heterocycles. The summed E-state index contributed by atoms with van der Waals surface area (Å²) in [6, 6.07) is 0. The van der Waals surface area contributed by atoms with E-state index < -0.39 is 0 Å². The second-order valence-corrected chi connectivity index (χ2v) is 6.16. The Labute approximate surface area is 123 Å². The highest BCUT2D eigenvalue weighted by Gasteiger charge is 2.22. The van der Waals surface area contributed by atoms with Crippen LogP contribution in [0.25, 0.3) is 0 Å². The minimum absolute atomic E-state index is 0. The lowest BCUT2D eigenvalue weighted by Gasteiger charge is -2.15. The van der Waals surface area contributed by atoms with Crippen molar-refractivity contribution in [1.82, 2.24) is 10.2 Å². The van der Waals surface area contributed by atoms with Crippen molar-refractivity contribution < 1.29 is 0 Å². The van der Waals surface area contributed by atoms with Gasteiger partial charge in [-0.15, -0.1) is 23.7 Å². The smallest absolute Gasteiger partial charge is 0.112 e. The molecule has 0 saturated carbocycles. The third kappa shape index (κ3) is 3.98. The van der Waals surface area contributed by atoms with Crippen LogP contribution in [0, 0.1) is 5.92 Å². The first-order chi connectivity index (χ1) is 7.70. The van der Waals surface area contributed by atoms with E-state index in [-0.39, 0.29) is 12.4 Å². The summed E-state index contributed by atoms with van der Waals surface area (Å²) in [5, 5.41) is 6.04. The predicted octanol–water partition coefficient (Wildman–Crippen LogP) is 3.52. The summed E-state index contributed by atoms with van der Waals surface area (Å²) in [7, 11) is 2.01. The number of likely N-dealkylation sites (tertiary alicyclic amines) is 1. The van der Waals surface area contributed by atoms with Gasteiger partial charge in [-0.1, -0.05) is 23.2 Å². The summed E-state index contributed by atoms with van der Waals surface area (Å²) in [5.41, 5.74) is 1.17. The Bertz CT molecular complexity index is 356. The number of nitrogens with zero attached hydrogens (tertiary/aromatic N) is 1. The van der Waals surface area contributed by atoms with Gasteiger partial charge < -0.3 is 5.32 Å². The first kappa shape index (κ1) is 15.5. The second-order valence-electron chi connectivity index (χ2n) is 4.30. The summed E-state index contributed by atoms with van der Waals surface area (Å²) in [6.07, 6.45) is 1.27. The molecule has 0 spiro atoms. The van der Waals surface area contributed by atoms with Crippen LogP contribution in [0.1, 0.15) is 12.0 Å². The molecule has 1 N–H and O–H groups in total. The quantitative estimate of drug-likeness (QED) is 0.914. The first-order valence-electron chi connectivity index (χ1n) is 5.49. The zero-order chi connectivity index (χ0) is 11.5. The fourth-order valence-electron chi connectivity index (χ4n) is 2.21. The van der Waals surface area contributed by atoms with Crippen molar-refractivity contribution in [3.05, 3.63) is 20.3 Å². The molecule has 0 aromatic carbocycles. The molecule has 1 aromatic rings. The Hall–Kier alpha value is 0.490. The van der Waals surface area contributed by atoms with Gasteiger partial charge in [0.1, 0.15) is 4.34 Å². The number of hydrogen-bond donors (Lipinski definition) is 1. The van der Waals surface area contributed by atoms with Crippen molar-refractivity contribution in [2.24, 2.45) is 5.92 Å². The van der Waals surface area contributed by atoms with Crippen LogP contribution in [0.3, 0.4) is 0 Å². The van der Waals surface area contributed by atoms with Gasteiger partial charge in [-0.05, 0) is 43.4 Å². The molecule has 2 heterocycles. The van der Waals surface area contributed by atoms with Gasteiger partial charge in [0, 0.05) is 13.1 Å². The number of halogens is 3. The van der Waals surface area contributed by atoms with Gasteiger partial charge in [0.05, 0.1) is 5.02 Å². The van der Waals surface area contributed by atoms with Crippen molar-refractivity contribution in [3.8, 4) is 0 Å². The summed E-state index contributed by atoms with van der Waals surface area (Å²) in [6.45, 7) is 4.36. The molecule has 1 atom stereocenters. The number of hydrogen-bond acceptors (Lipinski definition) is 3. The van der Waals surface area contributed by atoms with Crippen LogP contribution in [-0.4, -0.2) is 31.6 Å². The maximum Gasteiger partial charge on any atom is 0.112 e. The number of rotatable bonds is 4. The SMILES string of the molecule is CNCC1CCN(Cc2csc(Cl)c2Cl)C1.Cl. The van der Waals surface area contributed by atoms with Crippen molar-refractivity contribution >= 4 is 46.9 Å². The average molecular weight is 316 g/mol. The maximum absolute atomic E-state index is 6.12. The molecule has 2 nitrogen and oxygen atoms in total. The zero-order valence-corrected chi connectivity index (χ0v) is 12.9. The highest BCUT2D eigenvalue weighted by molar-refractivity contribution is 7.15. The topological polar surface area (TPSA) is 15.3 Å². The van der Waals surface area contributed by atoms with Gasteiger partial charge in [0.25, 0.3) is 0 Å². The third-order valence-corrected chi connectivity index (χ3v) is 4.93. The Morgan fingerprint density at radius 3 is 2.88 bits per heavy atom. The van der Waals surface area contributed by atoms with E-state index in [9.17, 15) is 0 Å². The fraction of sp³-hybridized carbons (Fsp3) is 0.636. The van der Waals surface area contributed by atoms with Gasteiger partial charge in [-0.3, -0.25) is 4.90 Å². The van der Waals surface area contributed by atoms with Crippen molar-refractivity contribution in [2.45, 2.75) is 13.0 Å². The number of nitrogens with one attached hydrogen (secondary N) is 1. The molecule has 98 valence electrons. The first-order valence-corrected chi connectivity index (χ1v) is 7.12. The molecule has 6 heteroatoms. The molecule has 17 heavy (non-hydrogen) atoms. The van der Waals surface area contributed by atoms with E-state index in [4.69, 9.17) is 23.2 Å². The molecule has 2 rings (SSSR count). The Balaban J connectivity index is 0.00000144. The van der Waals surface area contributed by atoms with Crippen molar-refractivity contribution in [3.63, 3.8) is 0 Å². The summed E-state index contributed by atoms with van der Waals surface area (Å²) in [5.74, 6) is 0.776. The van der Waals surface area contributed by atoms with Gasteiger partial charge >= 0.3 is 0 Å². The fourth-order valence-corrected chi connectivity index (χ4v) is 3.45. The summed E-state index contributed by atoms with van der Waals surface area (Å²) >= 11 is 13.6. The Morgan fingerprint density at radius 2 is 2.29 bits per heavy atom. The van der Waals surface area contributed by atoms with Gasteiger partial charge in [-0.2, -0.15) is 0 Å². The lowest BCUT2D eigenvalue weighted by Crippen LogP contribution is -2.24. The molecule has 0 bridgehead atoms. The lowest BCUT2D eigenvalue weighted by atomic mass is 10.1. The maximum atomic E-state index is 6.12. The van der Waals surface area contributed by atoms with Crippen LogP contribution < -0.4 is 5.32 Å². The highest BCUT2D eigenvalue weighted by Crippen LogP contribution is 2.33. The molecule has 0 aliphatic carbocycles. The van der Waals surface area contributed by atoms with Crippen LogP contribution in [0.4, 0.5) is 0 Å². The average Bonchev–Trinajstić information content (AvgIpc) is 2.82. The van der Waals surface area contributed by atoms with E-state index in [1.54, 1.807) is 0 Å². The molecule has 1 fully saturated rings. The van der Waals surface area contributed by atoms with Gasteiger partial charge in [0.15, 0.2) is 0 Å². The van der Waals surface area contributed by atoms with E-state index in [0.29, 0.717) is 4.34 Å². The van der Waals surface area contributed by atoms with Crippen LogP contribution in [0.2, 0.25) is 9.36 Å². The Kier molecular flexibility index (Phi) is 6.56. The van der Waals surface area contributed by atoms with Crippen LogP contribution >= 0.6 is 46.9 Å². The molecular weight excluding hydrogens is 299 g/mol. The van der Waals surface area contributed by atoms with Gasteiger partial charge in [0.2, 0.25) is 0 Å².